The number of aromatic nitrogens is 3. The van der Waals surface area contributed by atoms with E-state index in [9.17, 15) is 4.39 Å². The van der Waals surface area contributed by atoms with Crippen LogP contribution in [0.3, 0.4) is 0 Å². The summed E-state index contributed by atoms with van der Waals surface area (Å²) in [7, 11) is 0. The van der Waals surface area contributed by atoms with Crippen molar-refractivity contribution >= 4 is 28.8 Å². The molecule has 0 saturated carbocycles. The molecule has 0 unspecified atom stereocenters. The van der Waals surface area contributed by atoms with E-state index >= 15 is 0 Å². The second-order valence-corrected chi connectivity index (χ2v) is 5.42. The Morgan fingerprint density at radius 2 is 2.00 bits per heavy atom. The molecule has 6 heteroatoms. The number of rotatable bonds is 3. The Balaban J connectivity index is 2.26. The largest absolute Gasteiger partial charge is 0.216 e. The first-order valence-corrected chi connectivity index (χ1v) is 7.36. The number of benzene rings is 1. The number of hydrogen-bond donors (Lipinski definition) is 0. The molecule has 0 fully saturated rings. The van der Waals surface area contributed by atoms with Gasteiger partial charge in [-0.2, -0.15) is 5.10 Å². The molecule has 1 aromatic carbocycles. The molecule has 3 rings (SSSR count). The minimum Gasteiger partial charge on any atom is -0.216 e. The monoisotopic (exact) mass is 323 g/mol. The lowest BCUT2D eigenvalue weighted by Gasteiger charge is -2.09. The van der Waals surface area contributed by atoms with Crippen molar-refractivity contribution in [3.8, 4) is 11.1 Å². The maximum absolute atomic E-state index is 14.0. The van der Waals surface area contributed by atoms with Crippen molar-refractivity contribution in [3.05, 3.63) is 52.1 Å². The first-order chi connectivity index (χ1) is 10.1. The van der Waals surface area contributed by atoms with Crippen LogP contribution < -0.4 is 0 Å². The van der Waals surface area contributed by atoms with E-state index in [1.54, 1.807) is 18.2 Å². The molecule has 0 saturated heterocycles. The number of fused-ring (bicyclic) bond motifs is 1. The van der Waals surface area contributed by atoms with E-state index < -0.39 is 5.82 Å². The highest BCUT2D eigenvalue weighted by atomic mass is 35.5. The van der Waals surface area contributed by atoms with Crippen LogP contribution in [0.5, 0.6) is 0 Å². The summed E-state index contributed by atoms with van der Waals surface area (Å²) in [6.07, 6.45) is 1.79. The molecule has 0 N–H and O–H groups in total. The van der Waals surface area contributed by atoms with Crippen molar-refractivity contribution in [1.82, 2.24) is 14.6 Å². The lowest BCUT2D eigenvalue weighted by atomic mass is 10.1. The van der Waals surface area contributed by atoms with Crippen LogP contribution >= 0.6 is 23.2 Å². The highest BCUT2D eigenvalue weighted by molar-refractivity contribution is 6.38. The van der Waals surface area contributed by atoms with E-state index in [1.807, 2.05) is 6.07 Å². The van der Waals surface area contributed by atoms with Crippen LogP contribution in [0.15, 0.2) is 30.3 Å². The van der Waals surface area contributed by atoms with Crippen LogP contribution in [0.25, 0.3) is 16.8 Å². The third kappa shape index (κ3) is 2.49. The van der Waals surface area contributed by atoms with Gasteiger partial charge in [0.1, 0.15) is 16.1 Å². The molecular formula is C15H12Cl2FN3. The minimum atomic E-state index is -0.400. The van der Waals surface area contributed by atoms with Crippen LogP contribution in [0.1, 0.15) is 19.0 Å². The predicted octanol–water partition coefficient (Wildman–Crippen LogP) is 4.79. The standard InChI is InChI=1S/C15H12Cl2FN3/c1-2-5-9-8-12-19-14(16)13(15(17)21(12)20-9)10-6-3-4-7-11(10)18/h3-4,6-8H,2,5H2,1H3. The van der Waals surface area contributed by atoms with Crippen molar-refractivity contribution in [2.45, 2.75) is 19.8 Å². The summed E-state index contributed by atoms with van der Waals surface area (Å²) in [5.41, 5.74) is 2.12. The highest BCUT2D eigenvalue weighted by Gasteiger charge is 2.18. The third-order valence-corrected chi connectivity index (χ3v) is 3.82. The molecule has 0 radical (unpaired) electrons. The number of hydrogen-bond acceptors (Lipinski definition) is 2. The fraction of sp³-hybridized carbons (Fsp3) is 0.200. The Labute approximate surface area is 131 Å². The molecule has 0 bridgehead atoms. The Morgan fingerprint density at radius 3 is 2.71 bits per heavy atom. The Bertz CT molecular complexity index is 814. The van der Waals surface area contributed by atoms with Gasteiger partial charge in [-0.25, -0.2) is 13.9 Å². The van der Waals surface area contributed by atoms with Gasteiger partial charge in [-0.05, 0) is 12.5 Å². The molecule has 108 valence electrons. The second kappa shape index (κ2) is 5.62. The van der Waals surface area contributed by atoms with Gasteiger partial charge in [-0.3, -0.25) is 0 Å². The molecule has 0 amide bonds. The first-order valence-electron chi connectivity index (χ1n) is 6.60. The van der Waals surface area contributed by atoms with Crippen molar-refractivity contribution in [2.24, 2.45) is 0 Å². The fourth-order valence-corrected chi connectivity index (χ4v) is 2.90. The summed E-state index contributed by atoms with van der Waals surface area (Å²) in [5.74, 6) is -0.400. The quantitative estimate of drug-likeness (QED) is 0.648. The zero-order chi connectivity index (χ0) is 15.0. The molecule has 0 aliphatic rings. The average Bonchev–Trinajstić information content (AvgIpc) is 2.84. The topological polar surface area (TPSA) is 30.2 Å². The van der Waals surface area contributed by atoms with Gasteiger partial charge in [0.05, 0.1) is 11.3 Å². The van der Waals surface area contributed by atoms with E-state index in [2.05, 4.69) is 17.0 Å². The van der Waals surface area contributed by atoms with Gasteiger partial charge >= 0.3 is 0 Å². The van der Waals surface area contributed by atoms with Crippen LogP contribution in [0.4, 0.5) is 4.39 Å². The van der Waals surface area contributed by atoms with Gasteiger partial charge in [0.2, 0.25) is 0 Å². The Kier molecular flexibility index (Phi) is 3.83. The van der Waals surface area contributed by atoms with Crippen LogP contribution in [-0.2, 0) is 6.42 Å². The third-order valence-electron chi connectivity index (χ3n) is 3.20. The summed E-state index contributed by atoms with van der Waals surface area (Å²) in [4.78, 5) is 4.27. The summed E-state index contributed by atoms with van der Waals surface area (Å²) in [6.45, 7) is 2.07. The van der Waals surface area contributed by atoms with Gasteiger partial charge < -0.3 is 0 Å². The summed E-state index contributed by atoms with van der Waals surface area (Å²) in [6, 6.07) is 8.15. The molecule has 0 spiro atoms. The molecule has 0 atom stereocenters. The fourth-order valence-electron chi connectivity index (χ4n) is 2.25. The van der Waals surface area contributed by atoms with Crippen LogP contribution in [0, 0.1) is 5.82 Å². The van der Waals surface area contributed by atoms with E-state index in [-0.39, 0.29) is 10.3 Å². The molecule has 3 aromatic rings. The molecule has 2 heterocycles. The Morgan fingerprint density at radius 1 is 1.24 bits per heavy atom. The lowest BCUT2D eigenvalue weighted by molar-refractivity contribution is 0.631. The van der Waals surface area contributed by atoms with Crippen molar-refractivity contribution in [3.63, 3.8) is 0 Å². The maximum Gasteiger partial charge on any atom is 0.158 e. The van der Waals surface area contributed by atoms with Gasteiger partial charge in [0.25, 0.3) is 0 Å². The van der Waals surface area contributed by atoms with Crippen molar-refractivity contribution in [2.75, 3.05) is 0 Å². The van der Waals surface area contributed by atoms with Crippen LogP contribution in [-0.4, -0.2) is 14.6 Å². The van der Waals surface area contributed by atoms with Gasteiger partial charge in [0.15, 0.2) is 5.65 Å². The zero-order valence-electron chi connectivity index (χ0n) is 11.3. The molecule has 21 heavy (non-hydrogen) atoms. The Hall–Kier alpha value is -1.65. The smallest absolute Gasteiger partial charge is 0.158 e. The van der Waals surface area contributed by atoms with Gasteiger partial charge in [-0.1, -0.05) is 54.7 Å². The van der Waals surface area contributed by atoms with Crippen molar-refractivity contribution < 1.29 is 4.39 Å². The predicted molar refractivity (Wildman–Crippen MR) is 82.4 cm³/mol. The van der Waals surface area contributed by atoms with Crippen molar-refractivity contribution in [1.29, 1.82) is 0 Å². The normalized spacial score (nSPS) is 11.2. The lowest BCUT2D eigenvalue weighted by Crippen LogP contribution is -1.98. The molecule has 0 aliphatic heterocycles. The summed E-state index contributed by atoms with van der Waals surface area (Å²) < 4.78 is 15.5. The molecule has 2 aromatic heterocycles. The minimum absolute atomic E-state index is 0.167. The average molecular weight is 324 g/mol. The van der Waals surface area contributed by atoms with E-state index in [1.165, 1.54) is 10.6 Å². The maximum atomic E-state index is 14.0. The SMILES string of the molecule is CCCc1cc2nc(Cl)c(-c3ccccc3F)c(Cl)n2n1. The first kappa shape index (κ1) is 14.3. The number of aryl methyl sites for hydroxylation is 1. The van der Waals surface area contributed by atoms with E-state index in [0.29, 0.717) is 16.8 Å². The van der Waals surface area contributed by atoms with Gasteiger partial charge in [-0.15, -0.1) is 0 Å². The molecule has 0 aliphatic carbocycles. The summed E-state index contributed by atoms with van der Waals surface area (Å²) in [5, 5.41) is 4.83. The van der Waals surface area contributed by atoms with Gasteiger partial charge in [0, 0.05) is 11.6 Å². The highest BCUT2D eigenvalue weighted by Crippen LogP contribution is 2.35. The summed E-state index contributed by atoms with van der Waals surface area (Å²) >= 11 is 12.6. The molecular weight excluding hydrogens is 312 g/mol. The van der Waals surface area contributed by atoms with E-state index in [0.717, 1.165) is 18.5 Å². The molecule has 3 nitrogen and oxygen atoms in total. The number of halogens is 3. The van der Waals surface area contributed by atoms with E-state index in [4.69, 9.17) is 23.2 Å². The number of nitrogens with zero attached hydrogens (tertiary/aromatic N) is 3. The zero-order valence-corrected chi connectivity index (χ0v) is 12.8. The second-order valence-electron chi connectivity index (χ2n) is 4.70. The van der Waals surface area contributed by atoms with Crippen LogP contribution in [0.2, 0.25) is 10.3 Å².